The molecule has 7 heteroatoms. The summed E-state index contributed by atoms with van der Waals surface area (Å²) in [7, 11) is -4.08. The van der Waals surface area contributed by atoms with Gasteiger partial charge in [-0.25, -0.2) is 16.8 Å². The molecule has 0 spiro atoms. The van der Waals surface area contributed by atoms with Gasteiger partial charge in [0.25, 0.3) is 10.0 Å². The zero-order chi connectivity index (χ0) is 22.5. The van der Waals surface area contributed by atoms with Crippen LogP contribution in [0.2, 0.25) is 0 Å². The van der Waals surface area contributed by atoms with Crippen LogP contribution in [-0.2, 0) is 10.0 Å². The molecule has 160 valence electrons. The molecule has 0 amide bonds. The molecule has 5 aromatic rings. The van der Waals surface area contributed by atoms with Crippen LogP contribution in [0.4, 0.5) is 4.39 Å². The van der Waals surface area contributed by atoms with Gasteiger partial charge in [-0.2, -0.15) is 0 Å². The maximum Gasteiger partial charge on any atom is 0.268 e. The van der Waals surface area contributed by atoms with E-state index in [0.29, 0.717) is 22.3 Å². The zero-order valence-electron chi connectivity index (χ0n) is 17.0. The maximum absolute atomic E-state index is 14.1. The fourth-order valence-corrected chi connectivity index (χ4v) is 5.32. The van der Waals surface area contributed by atoms with E-state index in [0.717, 1.165) is 9.54 Å². The van der Waals surface area contributed by atoms with Crippen LogP contribution in [0.3, 0.4) is 0 Å². The van der Waals surface area contributed by atoms with Gasteiger partial charge in [0.1, 0.15) is 28.6 Å². The first-order chi connectivity index (χ1) is 15.3. The second-order valence-corrected chi connectivity index (χ2v) is 9.28. The van der Waals surface area contributed by atoms with Crippen LogP contribution < -0.4 is 4.74 Å². The van der Waals surface area contributed by atoms with Crippen LogP contribution in [0.25, 0.3) is 21.8 Å². The third-order valence-electron chi connectivity index (χ3n) is 5.27. The Hall–Kier alpha value is -3.84. The number of fused-ring (bicyclic) bond motifs is 3. The zero-order valence-corrected chi connectivity index (χ0v) is 17.8. The third kappa shape index (κ3) is 3.27. The van der Waals surface area contributed by atoms with Crippen molar-refractivity contribution in [2.75, 3.05) is 0 Å². The van der Waals surface area contributed by atoms with Crippen molar-refractivity contribution in [2.24, 2.45) is 0 Å². The van der Waals surface area contributed by atoms with Crippen molar-refractivity contribution in [1.29, 1.82) is 0 Å². The lowest BCUT2D eigenvalue weighted by Crippen LogP contribution is -2.12. The van der Waals surface area contributed by atoms with Gasteiger partial charge < -0.3 is 9.84 Å². The number of halogens is 1. The molecule has 5 rings (SSSR count). The van der Waals surface area contributed by atoms with Crippen LogP contribution in [0, 0.1) is 12.7 Å². The Balaban J connectivity index is 1.80. The van der Waals surface area contributed by atoms with Gasteiger partial charge in [0.15, 0.2) is 0 Å². The van der Waals surface area contributed by atoms with E-state index in [4.69, 9.17) is 4.74 Å². The first-order valence-electron chi connectivity index (χ1n) is 9.86. The van der Waals surface area contributed by atoms with Crippen molar-refractivity contribution in [2.45, 2.75) is 11.8 Å². The minimum absolute atomic E-state index is 0.0617. The van der Waals surface area contributed by atoms with Crippen LogP contribution >= 0.6 is 0 Å². The monoisotopic (exact) mass is 447 g/mol. The number of aromatic nitrogens is 1. The van der Waals surface area contributed by atoms with Crippen LogP contribution in [-0.4, -0.2) is 17.5 Å². The molecule has 0 unspecified atom stereocenters. The Morgan fingerprint density at radius 2 is 1.56 bits per heavy atom. The number of rotatable bonds is 4. The lowest BCUT2D eigenvalue weighted by atomic mass is 10.1. The smallest absolute Gasteiger partial charge is 0.268 e. The van der Waals surface area contributed by atoms with Crippen LogP contribution in [0.5, 0.6) is 17.2 Å². The number of aryl methyl sites for hydroxylation is 1. The Labute approximate surface area is 184 Å². The SMILES string of the molecule is Cc1ccc(S(=O)(=O)n2c3ccc(F)cc3c3cc(Oc4ccccc4)cc(O)c32)cc1. The summed E-state index contributed by atoms with van der Waals surface area (Å²) in [6.45, 7) is 1.86. The van der Waals surface area contributed by atoms with Gasteiger partial charge in [-0.05, 0) is 55.5 Å². The largest absolute Gasteiger partial charge is 0.506 e. The molecule has 4 aromatic carbocycles. The molecule has 0 fully saturated rings. The minimum Gasteiger partial charge on any atom is -0.506 e. The summed E-state index contributed by atoms with van der Waals surface area (Å²) in [5, 5.41) is 11.6. The normalized spacial score (nSPS) is 11.8. The summed E-state index contributed by atoms with van der Waals surface area (Å²) in [6.07, 6.45) is 0. The summed E-state index contributed by atoms with van der Waals surface area (Å²) < 4.78 is 48.2. The van der Waals surface area contributed by atoms with Crippen LogP contribution in [0.1, 0.15) is 5.56 Å². The fraction of sp³-hybridized carbons (Fsp3) is 0.0400. The molecule has 0 aliphatic rings. The number of ether oxygens (including phenoxy) is 1. The molecule has 0 saturated heterocycles. The Bertz CT molecular complexity index is 1570. The molecular formula is C25H18FNO4S. The average Bonchev–Trinajstić information content (AvgIpc) is 3.10. The molecule has 5 nitrogen and oxygen atoms in total. The summed E-state index contributed by atoms with van der Waals surface area (Å²) in [5.41, 5.74) is 1.24. The summed E-state index contributed by atoms with van der Waals surface area (Å²) in [4.78, 5) is 0.0650. The first-order valence-corrected chi connectivity index (χ1v) is 11.3. The van der Waals surface area contributed by atoms with Crippen molar-refractivity contribution in [1.82, 2.24) is 3.97 Å². The Morgan fingerprint density at radius 1 is 0.844 bits per heavy atom. The summed E-state index contributed by atoms with van der Waals surface area (Å²) >= 11 is 0. The molecule has 1 aromatic heterocycles. The fourth-order valence-electron chi connectivity index (χ4n) is 3.78. The molecule has 0 atom stereocenters. The predicted octanol–water partition coefficient (Wildman–Crippen LogP) is 5.98. The van der Waals surface area contributed by atoms with E-state index >= 15 is 0 Å². The van der Waals surface area contributed by atoms with Crippen molar-refractivity contribution < 1.29 is 22.7 Å². The summed E-state index contributed by atoms with van der Waals surface area (Å²) in [5.74, 6) is 0.0459. The van der Waals surface area contributed by atoms with E-state index in [-0.39, 0.29) is 21.7 Å². The van der Waals surface area contributed by atoms with Gasteiger partial charge in [0, 0.05) is 16.8 Å². The Morgan fingerprint density at radius 3 is 2.28 bits per heavy atom. The Kier molecular flexibility index (Phi) is 4.64. The van der Waals surface area contributed by atoms with Crippen molar-refractivity contribution in [3.63, 3.8) is 0 Å². The van der Waals surface area contributed by atoms with Crippen molar-refractivity contribution in [3.05, 3.63) is 96.3 Å². The van der Waals surface area contributed by atoms with E-state index in [2.05, 4.69) is 0 Å². The molecule has 0 bridgehead atoms. The van der Waals surface area contributed by atoms with Gasteiger partial charge in [-0.1, -0.05) is 35.9 Å². The maximum atomic E-state index is 14.1. The lowest BCUT2D eigenvalue weighted by molar-refractivity contribution is 0.459. The van der Waals surface area contributed by atoms with Gasteiger partial charge in [-0.15, -0.1) is 0 Å². The molecule has 0 aliphatic heterocycles. The molecule has 32 heavy (non-hydrogen) atoms. The van der Waals surface area contributed by atoms with E-state index in [1.807, 2.05) is 25.1 Å². The molecule has 0 aliphatic carbocycles. The van der Waals surface area contributed by atoms with E-state index in [1.165, 1.54) is 36.4 Å². The highest BCUT2D eigenvalue weighted by Gasteiger charge is 2.26. The third-order valence-corrected chi connectivity index (χ3v) is 7.00. The van der Waals surface area contributed by atoms with E-state index in [9.17, 15) is 17.9 Å². The lowest BCUT2D eigenvalue weighted by Gasteiger charge is -2.11. The minimum atomic E-state index is -4.08. The standard InChI is InChI=1S/C25H18FNO4S/c1-16-7-10-20(11-8-16)32(29,30)27-23-12-9-17(26)13-21(23)22-14-19(15-24(28)25(22)27)31-18-5-3-2-4-6-18/h2-15,28H,1H3. The molecule has 0 saturated carbocycles. The molecule has 0 radical (unpaired) electrons. The highest BCUT2D eigenvalue weighted by molar-refractivity contribution is 7.90. The number of aromatic hydroxyl groups is 1. The van der Waals surface area contributed by atoms with Crippen LogP contribution in [0.15, 0.2) is 89.8 Å². The number of para-hydroxylation sites is 1. The van der Waals surface area contributed by atoms with Crippen molar-refractivity contribution >= 4 is 31.8 Å². The van der Waals surface area contributed by atoms with Gasteiger partial charge >= 0.3 is 0 Å². The van der Waals surface area contributed by atoms with Crippen molar-refractivity contribution in [3.8, 4) is 17.2 Å². The quantitative estimate of drug-likeness (QED) is 0.368. The topological polar surface area (TPSA) is 68.5 Å². The highest BCUT2D eigenvalue weighted by atomic mass is 32.2. The van der Waals surface area contributed by atoms with E-state index < -0.39 is 15.8 Å². The number of phenols is 1. The number of phenolic OH excluding ortho intramolecular Hbond substituents is 1. The van der Waals surface area contributed by atoms with Gasteiger partial charge in [0.2, 0.25) is 0 Å². The second kappa shape index (κ2) is 7.39. The number of benzene rings is 4. The second-order valence-electron chi connectivity index (χ2n) is 7.50. The van der Waals surface area contributed by atoms with Gasteiger partial charge in [-0.3, -0.25) is 0 Å². The molecule has 1 heterocycles. The number of hydrogen-bond donors (Lipinski definition) is 1. The summed E-state index contributed by atoms with van der Waals surface area (Å²) in [6, 6.07) is 22.2. The predicted molar refractivity (Wildman–Crippen MR) is 121 cm³/mol. The molecular weight excluding hydrogens is 429 g/mol. The van der Waals surface area contributed by atoms with E-state index in [1.54, 1.807) is 30.3 Å². The number of hydrogen-bond acceptors (Lipinski definition) is 4. The van der Waals surface area contributed by atoms with Gasteiger partial charge in [0.05, 0.1) is 10.4 Å². The first kappa shape index (κ1) is 20.1. The average molecular weight is 447 g/mol. The molecule has 1 N–H and O–H groups in total. The highest BCUT2D eigenvalue weighted by Crippen LogP contribution is 2.41. The number of nitrogens with zero attached hydrogens (tertiary/aromatic N) is 1.